The molecule has 0 radical (unpaired) electrons. The number of nitrogens with zero attached hydrogens (tertiary/aromatic N) is 1. The number of aryl methyl sites for hydroxylation is 2. The first-order valence-corrected chi connectivity index (χ1v) is 4.58. The van der Waals surface area contributed by atoms with Crippen LogP contribution >= 0.6 is 0 Å². The van der Waals surface area contributed by atoms with Crippen molar-refractivity contribution in [1.82, 2.24) is 10.2 Å². The highest BCUT2D eigenvalue weighted by Crippen LogP contribution is 2.25. The Balaban J connectivity index is 2.38. The number of nitrogens with one attached hydrogen (secondary N) is 1. The Morgan fingerprint density at radius 2 is 2.31 bits per heavy atom. The van der Waals surface area contributed by atoms with Gasteiger partial charge in [-0.3, -0.25) is 5.10 Å². The number of rotatable bonds is 1. The van der Waals surface area contributed by atoms with E-state index in [0.717, 1.165) is 31.0 Å². The van der Waals surface area contributed by atoms with E-state index >= 15 is 0 Å². The molecule has 0 amide bonds. The van der Waals surface area contributed by atoms with Crippen LogP contribution in [0.1, 0.15) is 23.4 Å². The van der Waals surface area contributed by atoms with Crippen LogP contribution in [0.3, 0.4) is 0 Å². The summed E-state index contributed by atoms with van der Waals surface area (Å²) in [7, 11) is 0. The average Bonchev–Trinajstić information content (AvgIpc) is 2.48. The summed E-state index contributed by atoms with van der Waals surface area (Å²) in [5.74, 6) is 0. The van der Waals surface area contributed by atoms with E-state index in [0.29, 0.717) is 0 Å². The molecule has 1 aromatic heterocycles. The summed E-state index contributed by atoms with van der Waals surface area (Å²) in [6, 6.07) is 0. The zero-order valence-corrected chi connectivity index (χ0v) is 8.05. The van der Waals surface area contributed by atoms with E-state index < -0.39 is 0 Å². The van der Waals surface area contributed by atoms with E-state index in [1.165, 1.54) is 11.1 Å². The molecule has 2 heterocycles. The summed E-state index contributed by atoms with van der Waals surface area (Å²) < 4.78 is 5.27. The van der Waals surface area contributed by atoms with Crippen LogP contribution in [-0.4, -0.2) is 23.4 Å². The lowest BCUT2D eigenvalue weighted by molar-refractivity contribution is 0.161. The number of hydrogen-bond acceptors (Lipinski definition) is 2. The highest BCUT2D eigenvalue weighted by Gasteiger charge is 2.13. The van der Waals surface area contributed by atoms with Crippen molar-refractivity contribution in [3.63, 3.8) is 0 Å². The molecule has 0 aromatic carbocycles. The molecule has 1 aliphatic heterocycles. The Labute approximate surface area is 77.8 Å². The lowest BCUT2D eigenvalue weighted by Crippen LogP contribution is -2.04. The molecule has 0 aliphatic carbocycles. The molecule has 0 bridgehead atoms. The van der Waals surface area contributed by atoms with Crippen molar-refractivity contribution in [2.45, 2.75) is 20.3 Å². The molecule has 1 N–H and O–H groups in total. The topological polar surface area (TPSA) is 37.9 Å². The Kier molecular flexibility index (Phi) is 2.19. The second-order valence-electron chi connectivity index (χ2n) is 3.36. The summed E-state index contributed by atoms with van der Waals surface area (Å²) in [6.45, 7) is 5.66. The van der Waals surface area contributed by atoms with Gasteiger partial charge in [0.25, 0.3) is 0 Å². The Bertz CT molecular complexity index is 319. The summed E-state index contributed by atoms with van der Waals surface area (Å²) in [4.78, 5) is 0. The molecular formula is C10H14N2O. The minimum atomic E-state index is 0.736. The van der Waals surface area contributed by atoms with Gasteiger partial charge in [-0.25, -0.2) is 0 Å². The summed E-state index contributed by atoms with van der Waals surface area (Å²) in [6.07, 6.45) is 3.15. The monoisotopic (exact) mass is 178 g/mol. The van der Waals surface area contributed by atoms with Gasteiger partial charge in [0.1, 0.15) is 0 Å². The van der Waals surface area contributed by atoms with E-state index in [1.54, 1.807) is 0 Å². The molecule has 13 heavy (non-hydrogen) atoms. The van der Waals surface area contributed by atoms with Gasteiger partial charge in [-0.2, -0.15) is 5.10 Å². The van der Waals surface area contributed by atoms with Crippen LogP contribution in [-0.2, 0) is 4.74 Å². The second kappa shape index (κ2) is 3.34. The molecule has 0 saturated carbocycles. The maximum absolute atomic E-state index is 5.27. The Hall–Kier alpha value is -1.09. The fourth-order valence-corrected chi connectivity index (χ4v) is 1.78. The van der Waals surface area contributed by atoms with Gasteiger partial charge < -0.3 is 4.74 Å². The molecule has 3 nitrogen and oxygen atoms in total. The van der Waals surface area contributed by atoms with Gasteiger partial charge >= 0.3 is 0 Å². The maximum Gasteiger partial charge on any atom is 0.0669 e. The zero-order chi connectivity index (χ0) is 9.26. The van der Waals surface area contributed by atoms with Crippen molar-refractivity contribution in [3.8, 4) is 0 Å². The SMILES string of the molecule is Cc1n[nH]c(C)c1C1=CCOCC1. The van der Waals surface area contributed by atoms with Crippen molar-refractivity contribution in [1.29, 1.82) is 0 Å². The molecular weight excluding hydrogens is 164 g/mol. The molecule has 0 atom stereocenters. The smallest absolute Gasteiger partial charge is 0.0669 e. The van der Waals surface area contributed by atoms with Gasteiger partial charge in [0, 0.05) is 11.3 Å². The third kappa shape index (κ3) is 1.52. The van der Waals surface area contributed by atoms with Crippen LogP contribution in [0.4, 0.5) is 0 Å². The van der Waals surface area contributed by atoms with Gasteiger partial charge in [0.15, 0.2) is 0 Å². The third-order valence-corrected chi connectivity index (χ3v) is 2.41. The molecule has 70 valence electrons. The lowest BCUT2D eigenvalue weighted by Gasteiger charge is -2.13. The van der Waals surface area contributed by atoms with Gasteiger partial charge in [0.05, 0.1) is 18.9 Å². The van der Waals surface area contributed by atoms with Crippen LogP contribution in [0.25, 0.3) is 5.57 Å². The summed E-state index contributed by atoms with van der Waals surface area (Å²) >= 11 is 0. The molecule has 1 aliphatic rings. The normalized spacial score (nSPS) is 17.2. The number of hydrogen-bond donors (Lipinski definition) is 1. The van der Waals surface area contributed by atoms with Gasteiger partial charge in [-0.15, -0.1) is 0 Å². The van der Waals surface area contributed by atoms with Crippen LogP contribution in [0.2, 0.25) is 0 Å². The standard InChI is InChI=1S/C10H14N2O/c1-7-10(8(2)12-11-7)9-3-5-13-6-4-9/h3H,4-6H2,1-2H3,(H,11,12). The molecule has 0 spiro atoms. The van der Waals surface area contributed by atoms with Gasteiger partial charge in [-0.05, 0) is 25.8 Å². The second-order valence-corrected chi connectivity index (χ2v) is 3.36. The first-order valence-electron chi connectivity index (χ1n) is 4.58. The maximum atomic E-state index is 5.27. The quantitative estimate of drug-likeness (QED) is 0.712. The van der Waals surface area contributed by atoms with Crippen LogP contribution < -0.4 is 0 Å². The Morgan fingerprint density at radius 3 is 2.85 bits per heavy atom. The molecule has 0 saturated heterocycles. The number of aromatic amines is 1. The van der Waals surface area contributed by atoms with Crippen molar-refractivity contribution < 1.29 is 4.74 Å². The highest BCUT2D eigenvalue weighted by atomic mass is 16.5. The van der Waals surface area contributed by atoms with E-state index in [9.17, 15) is 0 Å². The van der Waals surface area contributed by atoms with E-state index in [-0.39, 0.29) is 0 Å². The van der Waals surface area contributed by atoms with E-state index in [2.05, 4.69) is 23.2 Å². The average molecular weight is 178 g/mol. The van der Waals surface area contributed by atoms with Crippen molar-refractivity contribution in [2.75, 3.05) is 13.2 Å². The number of aromatic nitrogens is 2. The predicted molar refractivity (Wildman–Crippen MR) is 51.5 cm³/mol. The fourth-order valence-electron chi connectivity index (χ4n) is 1.78. The van der Waals surface area contributed by atoms with E-state index in [1.807, 2.05) is 6.92 Å². The largest absolute Gasteiger partial charge is 0.377 e. The highest BCUT2D eigenvalue weighted by molar-refractivity contribution is 5.69. The van der Waals surface area contributed by atoms with Gasteiger partial charge in [0.2, 0.25) is 0 Å². The zero-order valence-electron chi connectivity index (χ0n) is 8.05. The van der Waals surface area contributed by atoms with Crippen molar-refractivity contribution >= 4 is 5.57 Å². The molecule has 1 aromatic rings. The summed E-state index contributed by atoms with van der Waals surface area (Å²) in [5.41, 5.74) is 4.90. The lowest BCUT2D eigenvalue weighted by atomic mass is 10.00. The van der Waals surface area contributed by atoms with Crippen LogP contribution in [0.5, 0.6) is 0 Å². The van der Waals surface area contributed by atoms with Gasteiger partial charge in [-0.1, -0.05) is 6.08 Å². The predicted octanol–water partition coefficient (Wildman–Crippen LogP) is 1.83. The van der Waals surface area contributed by atoms with Crippen LogP contribution in [0.15, 0.2) is 6.08 Å². The fraction of sp³-hybridized carbons (Fsp3) is 0.500. The third-order valence-electron chi connectivity index (χ3n) is 2.41. The van der Waals surface area contributed by atoms with Crippen molar-refractivity contribution in [2.24, 2.45) is 0 Å². The Morgan fingerprint density at radius 1 is 1.46 bits per heavy atom. The minimum Gasteiger partial charge on any atom is -0.377 e. The van der Waals surface area contributed by atoms with E-state index in [4.69, 9.17) is 4.74 Å². The van der Waals surface area contributed by atoms with Crippen LogP contribution in [0, 0.1) is 13.8 Å². The molecule has 2 rings (SSSR count). The first-order chi connectivity index (χ1) is 6.29. The van der Waals surface area contributed by atoms with Crippen molar-refractivity contribution in [3.05, 3.63) is 23.0 Å². The first kappa shape index (κ1) is 8.51. The summed E-state index contributed by atoms with van der Waals surface area (Å²) in [5, 5.41) is 7.19. The number of ether oxygens (including phenoxy) is 1. The minimum absolute atomic E-state index is 0.736. The molecule has 0 fully saturated rings. The number of H-pyrrole nitrogens is 1. The molecule has 0 unspecified atom stereocenters. The molecule has 3 heteroatoms.